The second kappa shape index (κ2) is 8.33. The van der Waals surface area contributed by atoms with E-state index in [2.05, 4.69) is 4.98 Å². The molecule has 0 radical (unpaired) electrons. The Labute approximate surface area is 165 Å². The third kappa shape index (κ3) is 4.23. The van der Waals surface area contributed by atoms with Crippen LogP contribution in [0, 0.1) is 24.0 Å². The van der Waals surface area contributed by atoms with Crippen molar-refractivity contribution < 1.29 is 9.72 Å². The number of hydrogen-bond acceptors (Lipinski definition) is 5. The smallest absolute Gasteiger partial charge is 0.272 e. The van der Waals surface area contributed by atoms with E-state index in [1.54, 1.807) is 30.5 Å². The van der Waals surface area contributed by atoms with E-state index in [1.807, 2.05) is 31.2 Å². The van der Waals surface area contributed by atoms with Crippen molar-refractivity contribution >= 4 is 39.8 Å². The van der Waals surface area contributed by atoms with E-state index >= 15 is 0 Å². The van der Waals surface area contributed by atoms with Gasteiger partial charge >= 0.3 is 0 Å². The summed E-state index contributed by atoms with van der Waals surface area (Å²) in [5.74, 6) is -0.0975. The highest BCUT2D eigenvalue weighted by atomic mass is 79.9. The molecule has 0 aliphatic carbocycles. The Morgan fingerprint density at radius 3 is 2.50 bits per heavy atom. The summed E-state index contributed by atoms with van der Waals surface area (Å²) in [4.78, 5) is 27.5. The number of aryl methyl sites for hydroxylation is 2. The summed E-state index contributed by atoms with van der Waals surface area (Å²) in [5.41, 5.74) is 3.63. The first-order valence-electron chi connectivity index (χ1n) is 7.74. The maximum absolute atomic E-state index is 12.4. The molecule has 26 heavy (non-hydrogen) atoms. The topological polar surface area (TPSA) is 73.1 Å². The summed E-state index contributed by atoms with van der Waals surface area (Å²) in [5, 5.41) is 13.6. The number of ketones is 1. The van der Waals surface area contributed by atoms with Crippen LogP contribution in [0.5, 0.6) is 0 Å². The lowest BCUT2D eigenvalue weighted by molar-refractivity contribution is -0.385. The van der Waals surface area contributed by atoms with Gasteiger partial charge in [0.25, 0.3) is 5.69 Å². The van der Waals surface area contributed by atoms with Crippen molar-refractivity contribution in [3.05, 3.63) is 90.9 Å². The number of carbonyl (C=O) groups excluding carboxylic acids is 1. The highest BCUT2D eigenvalue weighted by molar-refractivity contribution is 8.93. The fourth-order valence-electron chi connectivity index (χ4n) is 2.64. The zero-order chi connectivity index (χ0) is 18.0. The monoisotopic (exact) mass is 432 g/mol. The van der Waals surface area contributed by atoms with Gasteiger partial charge in [-0.05, 0) is 31.0 Å². The zero-order valence-corrected chi connectivity index (χ0v) is 16.8. The van der Waals surface area contributed by atoms with E-state index in [1.165, 1.54) is 11.3 Å². The standard InChI is InChI=1S/C19H16N2O3S.BrH/c1-12-9-17(21(23)24)13(2)8-15(12)10-18-20-16(11-25-18)19(22)14-6-4-3-5-7-14;/h3-9,11H,10H2,1-2H3;1H. The van der Waals surface area contributed by atoms with Crippen LogP contribution < -0.4 is 0 Å². The molecule has 0 unspecified atom stereocenters. The number of rotatable bonds is 5. The number of halogens is 1. The van der Waals surface area contributed by atoms with Crippen LogP contribution in [0.3, 0.4) is 0 Å². The van der Waals surface area contributed by atoms with Gasteiger partial charge in [-0.15, -0.1) is 28.3 Å². The van der Waals surface area contributed by atoms with Crippen LogP contribution >= 0.6 is 28.3 Å². The van der Waals surface area contributed by atoms with Gasteiger partial charge in [0.05, 0.1) is 9.93 Å². The minimum Gasteiger partial charge on any atom is -0.287 e. The molecule has 0 fully saturated rings. The number of nitrogens with zero attached hydrogens (tertiary/aromatic N) is 2. The second-order valence-corrected chi connectivity index (χ2v) is 6.76. The van der Waals surface area contributed by atoms with Crippen LogP contribution in [0.2, 0.25) is 0 Å². The molecule has 0 spiro atoms. The first kappa shape index (κ1) is 19.9. The van der Waals surface area contributed by atoms with Gasteiger partial charge in [-0.3, -0.25) is 14.9 Å². The second-order valence-electron chi connectivity index (χ2n) is 5.82. The Hall–Kier alpha value is -2.38. The summed E-state index contributed by atoms with van der Waals surface area (Å²) < 4.78 is 0. The van der Waals surface area contributed by atoms with Gasteiger partial charge in [-0.2, -0.15) is 0 Å². The minimum atomic E-state index is -0.369. The molecule has 0 N–H and O–H groups in total. The Kier molecular flexibility index (Phi) is 6.39. The SMILES string of the molecule is Br.Cc1cc([N+](=O)[O-])c(C)cc1Cc1nc(C(=O)c2ccccc2)cs1. The van der Waals surface area contributed by atoms with Crippen molar-refractivity contribution in [2.75, 3.05) is 0 Å². The molecule has 1 aromatic heterocycles. The zero-order valence-electron chi connectivity index (χ0n) is 14.3. The van der Waals surface area contributed by atoms with Gasteiger partial charge in [-0.25, -0.2) is 4.98 Å². The highest BCUT2D eigenvalue weighted by Gasteiger charge is 2.16. The van der Waals surface area contributed by atoms with E-state index in [0.717, 1.165) is 16.1 Å². The lowest BCUT2D eigenvalue weighted by atomic mass is 10.0. The van der Waals surface area contributed by atoms with Crippen molar-refractivity contribution in [2.45, 2.75) is 20.3 Å². The molecule has 0 saturated heterocycles. The first-order chi connectivity index (χ1) is 12.0. The third-order valence-electron chi connectivity index (χ3n) is 4.01. The average molecular weight is 433 g/mol. The maximum Gasteiger partial charge on any atom is 0.272 e. The Morgan fingerprint density at radius 2 is 1.85 bits per heavy atom. The molecular weight excluding hydrogens is 416 g/mol. The van der Waals surface area contributed by atoms with Crippen LogP contribution in [-0.2, 0) is 6.42 Å². The molecule has 2 aromatic carbocycles. The van der Waals surface area contributed by atoms with Crippen molar-refractivity contribution in [1.29, 1.82) is 0 Å². The molecule has 0 saturated carbocycles. The van der Waals surface area contributed by atoms with Gasteiger partial charge in [0, 0.05) is 29.0 Å². The fraction of sp³-hybridized carbons (Fsp3) is 0.158. The van der Waals surface area contributed by atoms with E-state index < -0.39 is 0 Å². The number of benzene rings is 2. The Bertz CT molecular complexity index is 955. The predicted molar refractivity (Wildman–Crippen MR) is 108 cm³/mol. The number of hydrogen-bond donors (Lipinski definition) is 0. The third-order valence-corrected chi connectivity index (χ3v) is 4.86. The molecule has 5 nitrogen and oxygen atoms in total. The van der Waals surface area contributed by atoms with Crippen LogP contribution in [0.4, 0.5) is 5.69 Å². The quantitative estimate of drug-likeness (QED) is 0.320. The van der Waals surface area contributed by atoms with Crippen LogP contribution in [0.15, 0.2) is 47.8 Å². The van der Waals surface area contributed by atoms with Gasteiger partial charge in [0.15, 0.2) is 0 Å². The van der Waals surface area contributed by atoms with Crippen molar-refractivity contribution in [2.24, 2.45) is 0 Å². The lowest BCUT2D eigenvalue weighted by Crippen LogP contribution is -2.02. The molecule has 0 aliphatic rings. The number of nitro benzene ring substituents is 1. The summed E-state index contributed by atoms with van der Waals surface area (Å²) in [6, 6.07) is 12.5. The molecule has 7 heteroatoms. The molecule has 0 amide bonds. The van der Waals surface area contributed by atoms with Crippen LogP contribution in [0.1, 0.15) is 37.7 Å². The molecular formula is C19H17BrN2O3S. The summed E-state index contributed by atoms with van der Waals surface area (Å²) in [7, 11) is 0. The maximum atomic E-state index is 12.4. The van der Waals surface area contributed by atoms with Gasteiger partial charge < -0.3 is 0 Å². The van der Waals surface area contributed by atoms with Crippen LogP contribution in [-0.4, -0.2) is 15.7 Å². The van der Waals surface area contributed by atoms with Gasteiger partial charge in [0.2, 0.25) is 5.78 Å². The number of thiazole rings is 1. The fourth-order valence-corrected chi connectivity index (χ4v) is 3.44. The number of carbonyl (C=O) groups is 1. The molecule has 1 heterocycles. The normalized spacial score (nSPS) is 10.2. The first-order valence-corrected chi connectivity index (χ1v) is 8.62. The summed E-state index contributed by atoms with van der Waals surface area (Å²) >= 11 is 1.43. The summed E-state index contributed by atoms with van der Waals surface area (Å²) in [6.07, 6.45) is 0.553. The molecule has 134 valence electrons. The van der Waals surface area contributed by atoms with E-state index in [0.29, 0.717) is 23.2 Å². The van der Waals surface area contributed by atoms with Crippen molar-refractivity contribution in [3.8, 4) is 0 Å². The highest BCUT2D eigenvalue weighted by Crippen LogP contribution is 2.25. The molecule has 0 aliphatic heterocycles. The van der Waals surface area contributed by atoms with E-state index in [9.17, 15) is 14.9 Å². The molecule has 0 bridgehead atoms. The van der Waals surface area contributed by atoms with E-state index in [-0.39, 0.29) is 33.4 Å². The van der Waals surface area contributed by atoms with Gasteiger partial charge in [-0.1, -0.05) is 30.3 Å². The number of nitro groups is 1. The number of aromatic nitrogens is 1. The van der Waals surface area contributed by atoms with Crippen molar-refractivity contribution in [3.63, 3.8) is 0 Å². The molecule has 3 aromatic rings. The molecule has 0 atom stereocenters. The lowest BCUT2D eigenvalue weighted by Gasteiger charge is -2.06. The minimum absolute atomic E-state index is 0. The van der Waals surface area contributed by atoms with Gasteiger partial charge in [0.1, 0.15) is 5.69 Å². The predicted octanol–water partition coefficient (Wildman–Crippen LogP) is 5.07. The largest absolute Gasteiger partial charge is 0.287 e. The van der Waals surface area contributed by atoms with Crippen LogP contribution in [0.25, 0.3) is 0 Å². The van der Waals surface area contributed by atoms with E-state index in [4.69, 9.17) is 0 Å². The Balaban J connectivity index is 0.00000243. The molecule has 3 rings (SSSR count). The average Bonchev–Trinajstić information content (AvgIpc) is 3.06. The Morgan fingerprint density at radius 1 is 1.15 bits per heavy atom. The summed E-state index contributed by atoms with van der Waals surface area (Å²) in [6.45, 7) is 3.58. The van der Waals surface area contributed by atoms with Crippen molar-refractivity contribution in [1.82, 2.24) is 4.98 Å².